The van der Waals surface area contributed by atoms with Crippen molar-refractivity contribution in [2.45, 2.75) is 32.5 Å². The van der Waals surface area contributed by atoms with Gasteiger partial charge in [-0.2, -0.15) is 0 Å². The first-order chi connectivity index (χ1) is 4.95. The van der Waals surface area contributed by atoms with Crippen molar-refractivity contribution < 1.29 is 14.3 Å². The summed E-state index contributed by atoms with van der Waals surface area (Å²) >= 11 is 0. The van der Waals surface area contributed by atoms with E-state index in [4.69, 9.17) is 10.8 Å². The topological polar surface area (TPSA) is 63.3 Å². The van der Waals surface area contributed by atoms with Crippen LogP contribution in [0.3, 0.4) is 0 Å². The van der Waals surface area contributed by atoms with Gasteiger partial charge in [-0.05, 0) is 12.3 Å². The molecular formula is C7H14FNO2. The van der Waals surface area contributed by atoms with E-state index in [0.29, 0.717) is 0 Å². The summed E-state index contributed by atoms with van der Waals surface area (Å²) in [6, 6.07) is -1.38. The molecule has 0 bridgehead atoms. The summed E-state index contributed by atoms with van der Waals surface area (Å²) in [5, 5.41) is 8.30. The molecule has 0 aromatic rings. The van der Waals surface area contributed by atoms with Crippen LogP contribution < -0.4 is 5.73 Å². The Hall–Kier alpha value is -0.640. The summed E-state index contributed by atoms with van der Waals surface area (Å²) in [4.78, 5) is 10.2. The van der Waals surface area contributed by atoms with E-state index < -0.39 is 18.2 Å². The fourth-order valence-corrected chi connectivity index (χ4v) is 0.752. The Morgan fingerprint density at radius 3 is 2.36 bits per heavy atom. The number of nitrogens with two attached hydrogens (primary N) is 1. The Morgan fingerprint density at radius 2 is 2.09 bits per heavy atom. The van der Waals surface area contributed by atoms with E-state index in [9.17, 15) is 9.18 Å². The second-order valence-electron chi connectivity index (χ2n) is 3.01. The van der Waals surface area contributed by atoms with Crippen LogP contribution in [0.15, 0.2) is 0 Å². The number of hydrogen-bond donors (Lipinski definition) is 2. The van der Waals surface area contributed by atoms with Gasteiger partial charge in [-0.25, -0.2) is 4.39 Å². The highest BCUT2D eigenvalue weighted by Crippen LogP contribution is 2.10. The van der Waals surface area contributed by atoms with Gasteiger partial charge in [-0.15, -0.1) is 0 Å². The van der Waals surface area contributed by atoms with Crippen LogP contribution in [0.1, 0.15) is 20.3 Å². The lowest BCUT2D eigenvalue weighted by Crippen LogP contribution is -2.39. The lowest BCUT2D eigenvalue weighted by atomic mass is 10.0. The number of carbonyl (C=O) groups is 1. The maximum Gasteiger partial charge on any atom is 0.323 e. The Morgan fingerprint density at radius 1 is 1.64 bits per heavy atom. The number of aliphatic carboxylic acids is 1. The minimum Gasteiger partial charge on any atom is -0.480 e. The Labute approximate surface area is 65.4 Å². The third-order valence-electron chi connectivity index (χ3n) is 1.37. The highest BCUT2D eigenvalue weighted by Gasteiger charge is 2.24. The van der Waals surface area contributed by atoms with Gasteiger partial charge in [0.15, 0.2) is 0 Å². The van der Waals surface area contributed by atoms with E-state index >= 15 is 0 Å². The van der Waals surface area contributed by atoms with Gasteiger partial charge < -0.3 is 10.8 Å². The van der Waals surface area contributed by atoms with Crippen molar-refractivity contribution in [3.05, 3.63) is 0 Å². The van der Waals surface area contributed by atoms with Crippen LogP contribution in [0.5, 0.6) is 0 Å². The molecule has 2 unspecified atom stereocenters. The fourth-order valence-electron chi connectivity index (χ4n) is 0.752. The van der Waals surface area contributed by atoms with Crippen molar-refractivity contribution >= 4 is 5.97 Å². The van der Waals surface area contributed by atoms with Gasteiger partial charge in [-0.3, -0.25) is 4.79 Å². The molecular weight excluding hydrogens is 149 g/mol. The number of hydrogen-bond acceptors (Lipinski definition) is 2. The van der Waals surface area contributed by atoms with Crippen LogP contribution in [0.25, 0.3) is 0 Å². The van der Waals surface area contributed by atoms with Gasteiger partial charge in [0.25, 0.3) is 0 Å². The minimum absolute atomic E-state index is 0.135. The Bertz CT molecular complexity index is 138. The lowest BCUT2D eigenvalue weighted by Gasteiger charge is -2.13. The van der Waals surface area contributed by atoms with Gasteiger partial charge in [0.05, 0.1) is 0 Å². The molecule has 66 valence electrons. The molecule has 0 saturated heterocycles. The number of carboxylic acid groups (broad SMARTS) is 1. The molecule has 11 heavy (non-hydrogen) atoms. The molecule has 0 aliphatic carbocycles. The molecule has 4 heteroatoms. The third kappa shape index (κ3) is 3.93. The van der Waals surface area contributed by atoms with Gasteiger partial charge >= 0.3 is 5.97 Å². The summed E-state index contributed by atoms with van der Waals surface area (Å²) < 4.78 is 12.8. The van der Waals surface area contributed by atoms with Crippen LogP contribution in [-0.2, 0) is 4.79 Å². The first-order valence-corrected chi connectivity index (χ1v) is 3.57. The van der Waals surface area contributed by atoms with Crippen LogP contribution >= 0.6 is 0 Å². The van der Waals surface area contributed by atoms with Crippen LogP contribution in [0.2, 0.25) is 0 Å². The number of alkyl halides is 1. The van der Waals surface area contributed by atoms with E-state index in [1.54, 1.807) is 0 Å². The smallest absolute Gasteiger partial charge is 0.323 e. The molecule has 0 aromatic carbocycles. The van der Waals surface area contributed by atoms with E-state index in [2.05, 4.69) is 0 Å². The first kappa shape index (κ1) is 10.4. The molecule has 0 radical (unpaired) electrons. The van der Waals surface area contributed by atoms with Crippen LogP contribution in [-0.4, -0.2) is 23.3 Å². The van der Waals surface area contributed by atoms with Crippen molar-refractivity contribution in [3.8, 4) is 0 Å². The van der Waals surface area contributed by atoms with Crippen molar-refractivity contribution in [2.24, 2.45) is 11.7 Å². The molecule has 0 spiro atoms. The van der Waals surface area contributed by atoms with Crippen LogP contribution in [0.4, 0.5) is 4.39 Å². The first-order valence-electron chi connectivity index (χ1n) is 3.57. The van der Waals surface area contributed by atoms with E-state index in [1.807, 2.05) is 13.8 Å². The van der Waals surface area contributed by atoms with Crippen molar-refractivity contribution in [1.29, 1.82) is 0 Å². The number of halogens is 1. The molecule has 0 rings (SSSR count). The van der Waals surface area contributed by atoms with Gasteiger partial charge in [0, 0.05) is 0 Å². The number of rotatable bonds is 4. The summed E-state index contributed by atoms with van der Waals surface area (Å²) in [5.74, 6) is -1.14. The standard InChI is InChI=1S/C7H14FNO2/c1-4(2)3-5(8)6(9)7(10)11/h4-6H,3,9H2,1-2H3,(H,10,11). The zero-order chi connectivity index (χ0) is 9.02. The summed E-state index contributed by atoms with van der Waals surface area (Å²) in [5.41, 5.74) is 5.03. The average molecular weight is 163 g/mol. The average Bonchev–Trinajstić information content (AvgIpc) is 1.84. The largest absolute Gasteiger partial charge is 0.480 e. The molecule has 3 nitrogen and oxygen atoms in total. The molecule has 3 N–H and O–H groups in total. The predicted octanol–water partition coefficient (Wildman–Crippen LogP) is 0.782. The zero-order valence-electron chi connectivity index (χ0n) is 6.75. The van der Waals surface area contributed by atoms with E-state index in [1.165, 1.54) is 0 Å². The zero-order valence-corrected chi connectivity index (χ0v) is 6.75. The second-order valence-corrected chi connectivity index (χ2v) is 3.01. The SMILES string of the molecule is CC(C)CC(F)C(N)C(=O)O. The minimum atomic E-state index is -1.44. The molecule has 0 aliphatic rings. The molecule has 0 heterocycles. The maximum absolute atomic E-state index is 12.8. The van der Waals surface area contributed by atoms with Crippen molar-refractivity contribution in [2.75, 3.05) is 0 Å². The quantitative estimate of drug-likeness (QED) is 0.643. The Balaban J connectivity index is 3.82. The van der Waals surface area contributed by atoms with Gasteiger partial charge in [-0.1, -0.05) is 13.8 Å². The highest BCUT2D eigenvalue weighted by atomic mass is 19.1. The monoisotopic (exact) mass is 163 g/mol. The van der Waals surface area contributed by atoms with E-state index in [0.717, 1.165) is 0 Å². The molecule has 0 amide bonds. The van der Waals surface area contributed by atoms with Crippen molar-refractivity contribution in [1.82, 2.24) is 0 Å². The van der Waals surface area contributed by atoms with Gasteiger partial charge in [0.1, 0.15) is 12.2 Å². The molecule has 0 fully saturated rings. The molecule has 0 saturated carbocycles. The molecule has 0 aliphatic heterocycles. The molecule has 0 aromatic heterocycles. The third-order valence-corrected chi connectivity index (χ3v) is 1.37. The van der Waals surface area contributed by atoms with Crippen LogP contribution in [0, 0.1) is 5.92 Å². The summed E-state index contributed by atoms with van der Waals surface area (Å²) in [7, 11) is 0. The predicted molar refractivity (Wildman–Crippen MR) is 40.0 cm³/mol. The normalized spacial score (nSPS) is 16.5. The van der Waals surface area contributed by atoms with Crippen molar-refractivity contribution in [3.63, 3.8) is 0 Å². The lowest BCUT2D eigenvalue weighted by molar-refractivity contribution is -0.140. The fraction of sp³-hybridized carbons (Fsp3) is 0.857. The number of carboxylic acids is 1. The maximum atomic E-state index is 12.8. The molecule has 2 atom stereocenters. The highest BCUT2D eigenvalue weighted by molar-refractivity contribution is 5.73. The Kier molecular flexibility index (Phi) is 4.03. The van der Waals surface area contributed by atoms with Gasteiger partial charge in [0.2, 0.25) is 0 Å². The van der Waals surface area contributed by atoms with E-state index in [-0.39, 0.29) is 12.3 Å². The summed E-state index contributed by atoms with van der Waals surface area (Å²) in [6.07, 6.45) is -1.24. The summed E-state index contributed by atoms with van der Waals surface area (Å²) in [6.45, 7) is 3.64. The second kappa shape index (κ2) is 4.28.